The highest BCUT2D eigenvalue weighted by molar-refractivity contribution is 8.93. The average molecular weight is 632 g/mol. The molecule has 222 valence electrons. The fourth-order valence-corrected chi connectivity index (χ4v) is 5.45. The Bertz CT molecular complexity index is 1340. The van der Waals surface area contributed by atoms with E-state index >= 15 is 4.39 Å². The minimum Gasteiger partial charge on any atom is -0.494 e. The Morgan fingerprint density at radius 2 is 1.78 bits per heavy atom. The van der Waals surface area contributed by atoms with Crippen LogP contribution in [0.2, 0.25) is 0 Å². The van der Waals surface area contributed by atoms with Gasteiger partial charge >= 0.3 is 0 Å². The van der Waals surface area contributed by atoms with Crippen molar-refractivity contribution in [3.8, 4) is 23.3 Å². The van der Waals surface area contributed by atoms with Crippen LogP contribution >= 0.6 is 17.0 Å². The summed E-state index contributed by atoms with van der Waals surface area (Å²) in [5.74, 6) is 0.207. The highest BCUT2D eigenvalue weighted by atomic mass is 79.9. The summed E-state index contributed by atoms with van der Waals surface area (Å²) in [7, 11) is 1.64. The molecule has 0 atom stereocenters. The van der Waals surface area contributed by atoms with E-state index in [0.717, 1.165) is 29.8 Å². The zero-order valence-corrected chi connectivity index (χ0v) is 26.4. The fraction of sp³-hybridized carbons (Fsp3) is 0.516. The summed E-state index contributed by atoms with van der Waals surface area (Å²) >= 11 is 0. The number of hydrogen-bond acceptors (Lipinski definition) is 7. The maximum atomic E-state index is 15.5. The number of piperidine rings is 1. The van der Waals surface area contributed by atoms with Crippen molar-refractivity contribution in [2.45, 2.75) is 59.4 Å². The molecular weight excluding hydrogens is 591 g/mol. The van der Waals surface area contributed by atoms with Gasteiger partial charge in [0, 0.05) is 36.7 Å². The fourth-order valence-electron chi connectivity index (χ4n) is 5.45. The number of nitriles is 1. The van der Waals surface area contributed by atoms with Crippen molar-refractivity contribution in [1.29, 1.82) is 10.7 Å². The molecule has 2 aromatic carbocycles. The number of nitrogens with one attached hydrogen (secondary N) is 1. The smallest absolute Gasteiger partial charge is 0.197 e. The van der Waals surface area contributed by atoms with Gasteiger partial charge in [-0.2, -0.15) is 5.26 Å². The highest BCUT2D eigenvalue weighted by Gasteiger charge is 2.34. The number of amidine groups is 1. The first kappa shape index (κ1) is 32.2. The molecule has 1 N–H and O–H groups in total. The summed E-state index contributed by atoms with van der Waals surface area (Å²) in [6.45, 7) is 12.0. The first-order chi connectivity index (χ1) is 19.0. The lowest BCUT2D eigenvalue weighted by Crippen LogP contribution is -2.34. The second-order valence-corrected chi connectivity index (χ2v) is 11.3. The second kappa shape index (κ2) is 13.1. The van der Waals surface area contributed by atoms with Crippen LogP contribution in [-0.4, -0.2) is 56.5 Å². The number of halogens is 2. The van der Waals surface area contributed by atoms with Crippen LogP contribution < -0.4 is 19.1 Å². The van der Waals surface area contributed by atoms with Gasteiger partial charge in [-0.1, -0.05) is 20.8 Å². The number of carbonyl (C=O) groups is 1. The number of nitrogens with zero attached hydrogens (tertiary/aromatic N) is 3. The Hall–Kier alpha value is -3.32. The van der Waals surface area contributed by atoms with Gasteiger partial charge in [0.25, 0.3) is 0 Å². The quantitative estimate of drug-likeness (QED) is 0.326. The van der Waals surface area contributed by atoms with Gasteiger partial charge in [-0.3, -0.25) is 10.2 Å². The first-order valence-electron chi connectivity index (χ1n) is 13.9. The first-order valence-corrected chi connectivity index (χ1v) is 13.9. The number of fused-ring (bicyclic) bond motifs is 1. The van der Waals surface area contributed by atoms with E-state index in [0.29, 0.717) is 36.6 Å². The molecule has 0 aliphatic carbocycles. The molecule has 0 aromatic heterocycles. The molecular formula is C31H40BrFN4O4. The van der Waals surface area contributed by atoms with Crippen molar-refractivity contribution < 1.29 is 23.4 Å². The summed E-state index contributed by atoms with van der Waals surface area (Å²) in [5.41, 5.74) is 2.69. The number of ketones is 1. The number of benzene rings is 2. The van der Waals surface area contributed by atoms with Crippen LogP contribution in [0.4, 0.5) is 10.1 Å². The van der Waals surface area contributed by atoms with Crippen molar-refractivity contribution >= 4 is 34.3 Å². The molecule has 10 heteroatoms. The number of ether oxygens (including phenoxy) is 3. The maximum Gasteiger partial charge on any atom is 0.197 e. The lowest BCUT2D eigenvalue weighted by atomic mass is 9.84. The molecule has 8 nitrogen and oxygen atoms in total. The molecule has 1 saturated heterocycles. The third-order valence-electron chi connectivity index (χ3n) is 7.53. The van der Waals surface area contributed by atoms with Crippen LogP contribution in [0.1, 0.15) is 74.5 Å². The molecule has 4 rings (SSSR count). The Morgan fingerprint density at radius 1 is 1.12 bits per heavy atom. The Balaban J connectivity index is 0.00000462. The molecule has 0 unspecified atom stereocenters. The third kappa shape index (κ3) is 6.45. The van der Waals surface area contributed by atoms with Crippen LogP contribution in [0.5, 0.6) is 17.2 Å². The van der Waals surface area contributed by atoms with E-state index in [4.69, 9.17) is 19.6 Å². The lowest BCUT2D eigenvalue weighted by molar-refractivity contribution is 0.0962. The summed E-state index contributed by atoms with van der Waals surface area (Å²) in [5, 5.41) is 18.1. The molecule has 2 aliphatic rings. The van der Waals surface area contributed by atoms with Crippen molar-refractivity contribution in [3.63, 3.8) is 0 Å². The van der Waals surface area contributed by atoms with Gasteiger partial charge in [0.2, 0.25) is 0 Å². The zero-order chi connectivity index (χ0) is 29.2. The Morgan fingerprint density at radius 3 is 2.34 bits per heavy atom. The molecule has 2 heterocycles. The maximum absolute atomic E-state index is 15.5. The van der Waals surface area contributed by atoms with E-state index in [-0.39, 0.29) is 70.9 Å². The Labute approximate surface area is 252 Å². The SMILES string of the molecule is Br.CCOc1cc2c(c(F)c1OCC)C(=N)N(CC(=O)c1cc(N3CCC(C#N)CC3)c(OC)c(C(C)(C)C)c1)C2. The van der Waals surface area contributed by atoms with Crippen LogP contribution in [0.3, 0.4) is 0 Å². The van der Waals surface area contributed by atoms with Crippen LogP contribution in [0.15, 0.2) is 18.2 Å². The molecule has 0 bridgehead atoms. The number of methoxy groups -OCH3 is 1. The monoisotopic (exact) mass is 630 g/mol. The predicted molar refractivity (Wildman–Crippen MR) is 163 cm³/mol. The van der Waals surface area contributed by atoms with E-state index in [1.807, 2.05) is 19.1 Å². The molecule has 2 aliphatic heterocycles. The van der Waals surface area contributed by atoms with E-state index in [9.17, 15) is 10.1 Å². The molecule has 0 amide bonds. The van der Waals surface area contributed by atoms with Gasteiger partial charge in [-0.05, 0) is 55.9 Å². The molecule has 0 spiro atoms. The summed E-state index contributed by atoms with van der Waals surface area (Å²) < 4.78 is 32.5. The van der Waals surface area contributed by atoms with E-state index in [2.05, 4.69) is 31.7 Å². The summed E-state index contributed by atoms with van der Waals surface area (Å²) in [6.07, 6.45) is 1.51. The second-order valence-electron chi connectivity index (χ2n) is 11.3. The average Bonchev–Trinajstić information content (AvgIpc) is 3.24. The van der Waals surface area contributed by atoms with Crippen molar-refractivity contribution in [2.75, 3.05) is 44.9 Å². The third-order valence-corrected chi connectivity index (χ3v) is 7.53. The largest absolute Gasteiger partial charge is 0.494 e. The summed E-state index contributed by atoms with van der Waals surface area (Å²) in [4.78, 5) is 17.5. The molecule has 0 saturated carbocycles. The van der Waals surface area contributed by atoms with Gasteiger partial charge in [0.05, 0.1) is 44.2 Å². The van der Waals surface area contributed by atoms with Gasteiger partial charge in [0.1, 0.15) is 11.6 Å². The van der Waals surface area contributed by atoms with E-state index in [1.165, 1.54) is 0 Å². The number of carbonyl (C=O) groups excluding carboxylic acids is 1. The van der Waals surface area contributed by atoms with Crippen molar-refractivity contribution in [1.82, 2.24) is 4.90 Å². The Kier molecular flexibility index (Phi) is 10.3. The van der Waals surface area contributed by atoms with Gasteiger partial charge in [-0.15, -0.1) is 17.0 Å². The topological polar surface area (TPSA) is 98.9 Å². The van der Waals surface area contributed by atoms with Gasteiger partial charge in [-0.25, -0.2) is 4.39 Å². The normalized spacial score (nSPS) is 15.2. The number of Topliss-reactive ketones (excluding diaryl/α,β-unsaturated/α-hetero) is 1. The standard InChI is InChI=1S/C31H39FN4O4.BrH/c1-7-39-25-15-21-17-36(30(34)26(21)27(32)29(25)40-8-2)18-24(37)20-13-22(31(3,4)5)28(38-6)23(14-20)35-11-9-19(16-33)10-12-35;/h13-15,19,34H,7-12,17-18H2,1-6H3;1H. The predicted octanol–water partition coefficient (Wildman–Crippen LogP) is 6.27. The number of rotatable bonds is 9. The summed E-state index contributed by atoms with van der Waals surface area (Å²) in [6, 6.07) is 7.81. The van der Waals surface area contributed by atoms with Crippen LogP contribution in [-0.2, 0) is 12.0 Å². The number of hydrogen-bond donors (Lipinski definition) is 1. The molecule has 0 radical (unpaired) electrons. The van der Waals surface area contributed by atoms with Gasteiger partial charge < -0.3 is 24.0 Å². The molecule has 41 heavy (non-hydrogen) atoms. The van der Waals surface area contributed by atoms with E-state index < -0.39 is 5.82 Å². The lowest BCUT2D eigenvalue weighted by Gasteiger charge is -2.34. The van der Waals surface area contributed by atoms with Crippen LogP contribution in [0, 0.1) is 28.5 Å². The van der Waals surface area contributed by atoms with Crippen molar-refractivity contribution in [2.24, 2.45) is 5.92 Å². The minimum atomic E-state index is -0.634. The van der Waals surface area contributed by atoms with Crippen LogP contribution in [0.25, 0.3) is 0 Å². The minimum absolute atomic E-state index is 0. The molecule has 2 aromatic rings. The molecule has 1 fully saturated rings. The van der Waals surface area contributed by atoms with Gasteiger partial charge in [0.15, 0.2) is 23.1 Å². The van der Waals surface area contributed by atoms with E-state index in [1.54, 1.807) is 25.0 Å². The van der Waals surface area contributed by atoms with Crippen molar-refractivity contribution in [3.05, 3.63) is 46.3 Å². The highest BCUT2D eigenvalue weighted by Crippen LogP contribution is 2.42. The number of anilines is 1. The zero-order valence-electron chi connectivity index (χ0n) is 24.7.